The van der Waals surface area contributed by atoms with E-state index >= 15 is 0 Å². The number of nitrogens with one attached hydrogen (secondary N) is 1. The molecule has 1 aromatic carbocycles. The van der Waals surface area contributed by atoms with E-state index < -0.39 is 5.60 Å². The lowest BCUT2D eigenvalue weighted by atomic mass is 9.75. The Morgan fingerprint density at radius 3 is 2.88 bits per heavy atom. The molecule has 34 heavy (non-hydrogen) atoms. The van der Waals surface area contributed by atoms with Crippen LogP contribution < -0.4 is 14.8 Å². The highest BCUT2D eigenvalue weighted by molar-refractivity contribution is 5.79. The Bertz CT molecular complexity index is 1050. The third-order valence-corrected chi connectivity index (χ3v) is 8.21. The Balaban J connectivity index is 1.04. The van der Waals surface area contributed by atoms with Crippen molar-refractivity contribution in [3.63, 3.8) is 0 Å². The zero-order chi connectivity index (χ0) is 23.1. The zero-order valence-electron chi connectivity index (χ0n) is 19.5. The summed E-state index contributed by atoms with van der Waals surface area (Å²) in [5.41, 5.74) is 0.908. The molecule has 1 aliphatic carbocycles. The Morgan fingerprint density at radius 1 is 1.21 bits per heavy atom. The van der Waals surface area contributed by atoms with Gasteiger partial charge in [0, 0.05) is 19.1 Å². The van der Waals surface area contributed by atoms with Crippen molar-refractivity contribution >= 4 is 5.91 Å². The van der Waals surface area contributed by atoms with Crippen molar-refractivity contribution in [1.82, 2.24) is 25.2 Å². The van der Waals surface area contributed by atoms with Gasteiger partial charge in [0.05, 0.1) is 18.7 Å². The normalized spacial score (nSPS) is 29.2. The second-order valence-electron chi connectivity index (χ2n) is 10.4. The standard InChI is InChI=1S/C25H33N5O4/c31-24(26-12-17-4-5-21-22(10-17)34-16-33-21)20-14-29-9-6-18(20)11-19(29)13-30-15-23(27-28-30)25(32)7-2-1-3-8-25/h4-5,10,15,18-20,32H,1-3,6-9,11-14,16H2,(H,26,31)/t18?,19-,20+/m1/s1. The molecule has 5 aliphatic rings. The fourth-order valence-corrected chi connectivity index (χ4v) is 6.21. The smallest absolute Gasteiger partial charge is 0.231 e. The number of fused-ring (bicyclic) bond motifs is 4. The molecule has 0 spiro atoms. The molecule has 1 saturated carbocycles. The lowest BCUT2D eigenvalue weighted by molar-refractivity contribution is -0.133. The number of nitrogens with zero attached hydrogens (tertiary/aromatic N) is 4. The first kappa shape index (κ1) is 21.9. The third kappa shape index (κ3) is 4.15. The summed E-state index contributed by atoms with van der Waals surface area (Å²) in [6.07, 6.45) is 8.78. The van der Waals surface area contributed by atoms with Gasteiger partial charge >= 0.3 is 0 Å². The predicted molar refractivity (Wildman–Crippen MR) is 123 cm³/mol. The molecule has 5 heterocycles. The summed E-state index contributed by atoms with van der Waals surface area (Å²) >= 11 is 0. The summed E-state index contributed by atoms with van der Waals surface area (Å²) < 4.78 is 12.7. The molecule has 1 aromatic heterocycles. The SMILES string of the molecule is O=C(NCc1ccc2c(c1)OCO2)[C@H]1CN2CCC1C[C@@H]2Cn1cc(C2(O)CCCCC2)nn1. The number of amides is 1. The van der Waals surface area contributed by atoms with E-state index in [1.54, 1.807) is 0 Å². The molecule has 3 saturated heterocycles. The minimum atomic E-state index is -0.816. The van der Waals surface area contributed by atoms with Crippen LogP contribution in [0.15, 0.2) is 24.4 Å². The van der Waals surface area contributed by atoms with E-state index in [1.807, 2.05) is 29.1 Å². The molecule has 2 N–H and O–H groups in total. The molecule has 182 valence electrons. The lowest BCUT2D eigenvalue weighted by Crippen LogP contribution is -2.58. The number of rotatable bonds is 6. The molecule has 2 unspecified atom stereocenters. The van der Waals surface area contributed by atoms with Gasteiger partial charge < -0.3 is 19.9 Å². The minimum absolute atomic E-state index is 0.0215. The number of hydrogen-bond donors (Lipinski definition) is 2. The Hall–Kier alpha value is -2.65. The van der Waals surface area contributed by atoms with Gasteiger partial charge in [-0.25, -0.2) is 0 Å². The number of piperidine rings is 3. The molecular weight excluding hydrogens is 434 g/mol. The van der Waals surface area contributed by atoms with Gasteiger partial charge in [-0.2, -0.15) is 0 Å². The average Bonchev–Trinajstić information content (AvgIpc) is 3.53. The van der Waals surface area contributed by atoms with E-state index in [-0.39, 0.29) is 18.6 Å². The summed E-state index contributed by atoms with van der Waals surface area (Å²) in [5, 5.41) is 22.8. The highest BCUT2D eigenvalue weighted by atomic mass is 16.7. The Kier molecular flexibility index (Phi) is 5.69. The maximum atomic E-state index is 13.0. The van der Waals surface area contributed by atoms with Crippen LogP contribution in [0.4, 0.5) is 0 Å². The van der Waals surface area contributed by atoms with Crippen molar-refractivity contribution < 1.29 is 19.4 Å². The first-order valence-electron chi connectivity index (χ1n) is 12.6. The van der Waals surface area contributed by atoms with Gasteiger partial charge in [0.2, 0.25) is 12.7 Å². The monoisotopic (exact) mass is 467 g/mol. The molecule has 4 atom stereocenters. The molecular formula is C25H33N5O4. The lowest BCUT2D eigenvalue weighted by Gasteiger charge is -2.49. The maximum absolute atomic E-state index is 13.0. The molecule has 1 amide bonds. The van der Waals surface area contributed by atoms with Gasteiger partial charge in [-0.05, 0) is 55.8 Å². The molecule has 9 heteroatoms. The number of hydrogen-bond acceptors (Lipinski definition) is 7. The second-order valence-corrected chi connectivity index (χ2v) is 10.4. The van der Waals surface area contributed by atoms with Crippen LogP contribution in [0.5, 0.6) is 11.5 Å². The van der Waals surface area contributed by atoms with Gasteiger partial charge in [-0.1, -0.05) is 30.5 Å². The van der Waals surface area contributed by atoms with E-state index in [1.165, 1.54) is 6.42 Å². The third-order valence-electron chi connectivity index (χ3n) is 8.21. The number of aromatic nitrogens is 3. The van der Waals surface area contributed by atoms with Crippen LogP contribution >= 0.6 is 0 Å². The van der Waals surface area contributed by atoms with Crippen LogP contribution in [0.25, 0.3) is 0 Å². The molecule has 4 fully saturated rings. The van der Waals surface area contributed by atoms with E-state index in [0.717, 1.165) is 75.2 Å². The van der Waals surface area contributed by atoms with Gasteiger partial charge in [0.15, 0.2) is 11.5 Å². The zero-order valence-corrected chi connectivity index (χ0v) is 19.5. The van der Waals surface area contributed by atoms with Crippen LogP contribution in [0, 0.1) is 11.8 Å². The van der Waals surface area contributed by atoms with E-state index in [4.69, 9.17) is 9.47 Å². The topological polar surface area (TPSA) is 102 Å². The van der Waals surface area contributed by atoms with Crippen molar-refractivity contribution in [1.29, 1.82) is 0 Å². The fraction of sp³-hybridized carbons (Fsp3) is 0.640. The van der Waals surface area contributed by atoms with Gasteiger partial charge in [-0.3, -0.25) is 14.4 Å². The number of aliphatic hydroxyl groups is 1. The van der Waals surface area contributed by atoms with Gasteiger partial charge in [0.25, 0.3) is 0 Å². The van der Waals surface area contributed by atoms with E-state index in [0.29, 0.717) is 24.2 Å². The summed E-state index contributed by atoms with van der Waals surface area (Å²) in [4.78, 5) is 15.5. The largest absolute Gasteiger partial charge is 0.454 e. The predicted octanol–water partition coefficient (Wildman–Crippen LogP) is 2.19. The number of ether oxygens (including phenoxy) is 2. The van der Waals surface area contributed by atoms with Crippen LogP contribution in [0.3, 0.4) is 0 Å². The van der Waals surface area contributed by atoms with E-state index in [2.05, 4.69) is 20.5 Å². The summed E-state index contributed by atoms with van der Waals surface area (Å²) in [5.74, 6) is 2.04. The van der Waals surface area contributed by atoms with Gasteiger partial charge in [0.1, 0.15) is 11.3 Å². The minimum Gasteiger partial charge on any atom is -0.454 e. The van der Waals surface area contributed by atoms with Crippen LogP contribution in [-0.4, -0.2) is 56.8 Å². The number of carbonyl (C=O) groups excluding carboxylic acids is 1. The molecule has 9 nitrogen and oxygen atoms in total. The Labute approximate surface area is 199 Å². The molecule has 2 bridgehead atoms. The quantitative estimate of drug-likeness (QED) is 0.671. The molecule has 7 rings (SSSR count). The molecule has 0 radical (unpaired) electrons. The van der Waals surface area contributed by atoms with Gasteiger partial charge in [-0.15, -0.1) is 5.10 Å². The summed E-state index contributed by atoms with van der Waals surface area (Å²) in [6.45, 7) is 3.31. The van der Waals surface area contributed by atoms with Crippen LogP contribution in [0.1, 0.15) is 56.2 Å². The molecule has 2 aromatic rings. The average molecular weight is 468 g/mol. The Morgan fingerprint density at radius 2 is 2.06 bits per heavy atom. The van der Waals surface area contributed by atoms with Crippen molar-refractivity contribution in [2.24, 2.45) is 11.8 Å². The highest BCUT2D eigenvalue weighted by Gasteiger charge is 2.43. The summed E-state index contributed by atoms with van der Waals surface area (Å²) in [6, 6.07) is 6.15. The van der Waals surface area contributed by atoms with Crippen LogP contribution in [-0.2, 0) is 23.5 Å². The fourth-order valence-electron chi connectivity index (χ4n) is 6.21. The number of carbonyl (C=O) groups is 1. The van der Waals surface area contributed by atoms with Crippen molar-refractivity contribution in [3.05, 3.63) is 35.7 Å². The first-order chi connectivity index (χ1) is 16.6. The van der Waals surface area contributed by atoms with Crippen LogP contribution in [0.2, 0.25) is 0 Å². The maximum Gasteiger partial charge on any atom is 0.231 e. The van der Waals surface area contributed by atoms with Crippen molar-refractivity contribution in [2.45, 2.75) is 69.7 Å². The van der Waals surface area contributed by atoms with Crippen molar-refractivity contribution in [3.8, 4) is 11.5 Å². The molecule has 4 aliphatic heterocycles. The highest BCUT2D eigenvalue weighted by Crippen LogP contribution is 2.38. The van der Waals surface area contributed by atoms with Crippen molar-refractivity contribution in [2.75, 3.05) is 19.9 Å². The van der Waals surface area contributed by atoms with E-state index in [9.17, 15) is 9.90 Å². The first-order valence-corrected chi connectivity index (χ1v) is 12.6. The summed E-state index contributed by atoms with van der Waals surface area (Å²) in [7, 11) is 0. The number of benzene rings is 1. The second kappa shape index (κ2) is 8.85.